The van der Waals surface area contributed by atoms with Crippen LogP contribution >= 0.6 is 11.3 Å². The first kappa shape index (κ1) is 16.2. The standard InChI is InChI=1S/C15H25N3O2S/c1-10(2)7-14-16-8-13(21-14)9-17-15(20)18-11-3-5-12(19)6-4-11/h8,10-12,19H,3-7,9H2,1-2H3,(H2,17,18,20). The molecule has 1 aliphatic rings. The monoisotopic (exact) mass is 311 g/mol. The highest BCUT2D eigenvalue weighted by Gasteiger charge is 2.20. The van der Waals surface area contributed by atoms with Gasteiger partial charge in [-0.2, -0.15) is 0 Å². The van der Waals surface area contributed by atoms with Crippen molar-refractivity contribution >= 4 is 17.4 Å². The van der Waals surface area contributed by atoms with E-state index in [1.807, 2.05) is 6.20 Å². The summed E-state index contributed by atoms with van der Waals surface area (Å²) in [6, 6.07) is 0.0570. The smallest absolute Gasteiger partial charge is 0.315 e. The number of urea groups is 1. The topological polar surface area (TPSA) is 74.2 Å². The minimum absolute atomic E-state index is 0.129. The summed E-state index contributed by atoms with van der Waals surface area (Å²) in [5.41, 5.74) is 0. The first-order valence-electron chi connectivity index (χ1n) is 7.69. The van der Waals surface area contributed by atoms with Gasteiger partial charge in [-0.3, -0.25) is 0 Å². The van der Waals surface area contributed by atoms with E-state index in [2.05, 4.69) is 29.5 Å². The molecule has 0 atom stereocenters. The third-order valence-corrected chi connectivity index (χ3v) is 4.66. The van der Waals surface area contributed by atoms with Crippen LogP contribution in [0.25, 0.3) is 0 Å². The summed E-state index contributed by atoms with van der Waals surface area (Å²) >= 11 is 1.66. The average Bonchev–Trinajstić information content (AvgIpc) is 2.86. The van der Waals surface area contributed by atoms with Gasteiger partial charge in [0.05, 0.1) is 17.7 Å². The molecule has 0 bridgehead atoms. The van der Waals surface area contributed by atoms with Crippen molar-refractivity contribution < 1.29 is 9.90 Å². The number of carbonyl (C=O) groups excluding carboxylic acids is 1. The van der Waals surface area contributed by atoms with Crippen molar-refractivity contribution in [2.24, 2.45) is 5.92 Å². The van der Waals surface area contributed by atoms with Crippen LogP contribution in [0.4, 0.5) is 4.79 Å². The van der Waals surface area contributed by atoms with Gasteiger partial charge in [-0.25, -0.2) is 9.78 Å². The van der Waals surface area contributed by atoms with Gasteiger partial charge in [-0.15, -0.1) is 11.3 Å². The highest BCUT2D eigenvalue weighted by molar-refractivity contribution is 7.11. The van der Waals surface area contributed by atoms with Crippen LogP contribution in [0.15, 0.2) is 6.20 Å². The van der Waals surface area contributed by atoms with Crippen LogP contribution in [0.5, 0.6) is 0 Å². The van der Waals surface area contributed by atoms with E-state index in [0.29, 0.717) is 12.5 Å². The molecule has 1 aromatic heterocycles. The number of aliphatic hydroxyl groups is 1. The van der Waals surface area contributed by atoms with Crippen LogP contribution in [0.3, 0.4) is 0 Å². The SMILES string of the molecule is CC(C)Cc1ncc(CNC(=O)NC2CCC(O)CC2)s1. The Morgan fingerprint density at radius 2 is 2.14 bits per heavy atom. The largest absolute Gasteiger partial charge is 0.393 e. The van der Waals surface area contributed by atoms with Gasteiger partial charge in [0.25, 0.3) is 0 Å². The molecule has 1 fully saturated rings. The van der Waals surface area contributed by atoms with Crippen molar-refractivity contribution in [1.29, 1.82) is 0 Å². The van der Waals surface area contributed by atoms with Crippen LogP contribution in [-0.2, 0) is 13.0 Å². The molecule has 5 nitrogen and oxygen atoms in total. The summed E-state index contributed by atoms with van der Waals surface area (Å²) < 4.78 is 0. The van der Waals surface area contributed by atoms with Gasteiger partial charge < -0.3 is 15.7 Å². The Kier molecular flexibility index (Phi) is 5.99. The van der Waals surface area contributed by atoms with Crippen molar-refractivity contribution in [2.45, 2.75) is 64.6 Å². The lowest BCUT2D eigenvalue weighted by Crippen LogP contribution is -2.43. The molecule has 0 saturated heterocycles. The Bertz CT molecular complexity index is 454. The molecule has 1 aliphatic carbocycles. The van der Waals surface area contributed by atoms with Crippen molar-refractivity contribution in [3.8, 4) is 0 Å². The van der Waals surface area contributed by atoms with E-state index in [9.17, 15) is 9.90 Å². The number of aromatic nitrogens is 1. The molecule has 0 spiro atoms. The fraction of sp³-hybridized carbons (Fsp3) is 0.733. The minimum atomic E-state index is -0.192. The highest BCUT2D eigenvalue weighted by Crippen LogP contribution is 2.18. The predicted octanol–water partition coefficient (Wildman–Crippen LogP) is 2.44. The molecule has 2 rings (SSSR count). The third kappa shape index (κ3) is 5.63. The Balaban J connectivity index is 1.70. The van der Waals surface area contributed by atoms with Crippen LogP contribution < -0.4 is 10.6 Å². The fourth-order valence-corrected chi connectivity index (χ4v) is 3.57. The Hall–Kier alpha value is -1.14. The summed E-state index contributed by atoms with van der Waals surface area (Å²) in [5.74, 6) is 0.599. The predicted molar refractivity (Wildman–Crippen MR) is 84.3 cm³/mol. The minimum Gasteiger partial charge on any atom is -0.393 e. The third-order valence-electron chi connectivity index (χ3n) is 3.64. The van der Waals surface area contributed by atoms with E-state index in [1.165, 1.54) is 0 Å². The van der Waals surface area contributed by atoms with E-state index >= 15 is 0 Å². The quantitative estimate of drug-likeness (QED) is 0.782. The van der Waals surface area contributed by atoms with Gasteiger partial charge in [-0.1, -0.05) is 13.8 Å². The van der Waals surface area contributed by atoms with Crippen LogP contribution in [-0.4, -0.2) is 28.3 Å². The Labute approximate surface area is 130 Å². The molecule has 3 N–H and O–H groups in total. The lowest BCUT2D eigenvalue weighted by molar-refractivity contribution is 0.117. The molecule has 0 aliphatic heterocycles. The summed E-state index contributed by atoms with van der Waals surface area (Å²) in [5, 5.41) is 16.4. The van der Waals surface area contributed by atoms with E-state index in [4.69, 9.17) is 0 Å². The molecule has 0 radical (unpaired) electrons. The lowest BCUT2D eigenvalue weighted by atomic mass is 9.93. The Morgan fingerprint density at radius 3 is 2.81 bits per heavy atom. The summed E-state index contributed by atoms with van der Waals surface area (Å²) in [7, 11) is 0. The summed E-state index contributed by atoms with van der Waals surface area (Å²) in [6.45, 7) is 4.87. The van der Waals surface area contributed by atoms with Gasteiger partial charge >= 0.3 is 6.03 Å². The molecule has 118 valence electrons. The van der Waals surface area contributed by atoms with E-state index in [0.717, 1.165) is 42.0 Å². The molecule has 6 heteroatoms. The lowest BCUT2D eigenvalue weighted by Gasteiger charge is -2.26. The molecule has 2 amide bonds. The zero-order valence-electron chi connectivity index (χ0n) is 12.8. The van der Waals surface area contributed by atoms with Crippen LogP contribution in [0.1, 0.15) is 49.4 Å². The van der Waals surface area contributed by atoms with Gasteiger partial charge in [0.1, 0.15) is 0 Å². The van der Waals surface area contributed by atoms with Gasteiger partial charge in [0, 0.05) is 23.5 Å². The number of hydrogen-bond acceptors (Lipinski definition) is 4. The van der Waals surface area contributed by atoms with Crippen molar-refractivity contribution in [1.82, 2.24) is 15.6 Å². The molecule has 21 heavy (non-hydrogen) atoms. The second kappa shape index (κ2) is 7.75. The number of nitrogens with one attached hydrogen (secondary N) is 2. The molecular formula is C15H25N3O2S. The number of thiazole rings is 1. The van der Waals surface area contributed by atoms with Crippen molar-refractivity contribution in [3.63, 3.8) is 0 Å². The molecular weight excluding hydrogens is 286 g/mol. The number of aliphatic hydroxyl groups excluding tert-OH is 1. The molecule has 1 heterocycles. The van der Waals surface area contributed by atoms with Gasteiger partial charge in [0.15, 0.2) is 0 Å². The maximum absolute atomic E-state index is 11.9. The van der Waals surface area contributed by atoms with Crippen molar-refractivity contribution in [3.05, 3.63) is 16.1 Å². The van der Waals surface area contributed by atoms with Crippen LogP contribution in [0.2, 0.25) is 0 Å². The maximum Gasteiger partial charge on any atom is 0.315 e. The van der Waals surface area contributed by atoms with Crippen LogP contribution in [0, 0.1) is 5.92 Å². The van der Waals surface area contributed by atoms with Gasteiger partial charge in [-0.05, 0) is 31.6 Å². The van der Waals surface area contributed by atoms with E-state index in [-0.39, 0.29) is 18.2 Å². The fourth-order valence-electron chi connectivity index (χ4n) is 2.50. The molecule has 1 aromatic rings. The summed E-state index contributed by atoms with van der Waals surface area (Å²) in [6.07, 6.45) is 5.90. The zero-order chi connectivity index (χ0) is 15.2. The number of rotatable bonds is 5. The first-order chi connectivity index (χ1) is 10.0. The second-order valence-corrected chi connectivity index (χ2v) is 7.35. The van der Waals surface area contributed by atoms with Gasteiger partial charge in [0.2, 0.25) is 0 Å². The van der Waals surface area contributed by atoms with E-state index in [1.54, 1.807) is 11.3 Å². The normalized spacial score (nSPS) is 22.3. The number of hydrogen-bond donors (Lipinski definition) is 3. The average molecular weight is 311 g/mol. The number of carbonyl (C=O) groups is 1. The highest BCUT2D eigenvalue weighted by atomic mass is 32.1. The summed E-state index contributed by atoms with van der Waals surface area (Å²) in [4.78, 5) is 17.3. The van der Waals surface area contributed by atoms with E-state index < -0.39 is 0 Å². The number of nitrogens with zero attached hydrogens (tertiary/aromatic N) is 1. The molecule has 0 aromatic carbocycles. The Morgan fingerprint density at radius 1 is 1.43 bits per heavy atom. The molecule has 1 saturated carbocycles. The molecule has 0 unspecified atom stereocenters. The first-order valence-corrected chi connectivity index (χ1v) is 8.50. The zero-order valence-corrected chi connectivity index (χ0v) is 13.6. The number of amides is 2. The maximum atomic E-state index is 11.9. The second-order valence-electron chi connectivity index (χ2n) is 6.15. The van der Waals surface area contributed by atoms with Crippen molar-refractivity contribution in [2.75, 3.05) is 0 Å².